The minimum atomic E-state index is 0.561. The molecule has 0 saturated carbocycles. The standard InChI is InChI=1S/C15H23N3O/c1-12-13(14-4-3-7-17(14)2)5-6-15(16-12)18-8-10-19-11-9-18/h5-6,14H,3-4,7-11H2,1-2H3/t14-/m0/s1. The monoisotopic (exact) mass is 261 g/mol. The van der Waals surface area contributed by atoms with Crippen LogP contribution in [-0.2, 0) is 4.74 Å². The van der Waals surface area contributed by atoms with Gasteiger partial charge < -0.3 is 9.64 Å². The van der Waals surface area contributed by atoms with E-state index >= 15 is 0 Å². The van der Waals surface area contributed by atoms with Gasteiger partial charge in [-0.3, -0.25) is 4.90 Å². The molecule has 0 radical (unpaired) electrons. The molecule has 2 fully saturated rings. The molecule has 0 aliphatic carbocycles. The average molecular weight is 261 g/mol. The molecule has 1 aromatic rings. The number of hydrogen-bond acceptors (Lipinski definition) is 4. The second-order valence-electron chi connectivity index (χ2n) is 5.58. The number of morpholine rings is 1. The Balaban J connectivity index is 1.81. The summed E-state index contributed by atoms with van der Waals surface area (Å²) in [6.45, 7) is 6.88. The molecule has 0 aromatic carbocycles. The molecule has 0 bridgehead atoms. The van der Waals surface area contributed by atoms with E-state index in [4.69, 9.17) is 9.72 Å². The summed E-state index contributed by atoms with van der Waals surface area (Å²) in [5.41, 5.74) is 2.58. The summed E-state index contributed by atoms with van der Waals surface area (Å²) < 4.78 is 5.39. The first-order valence-electron chi connectivity index (χ1n) is 7.26. The number of aryl methyl sites for hydroxylation is 1. The van der Waals surface area contributed by atoms with Gasteiger partial charge in [0, 0.05) is 24.8 Å². The third-order valence-corrected chi connectivity index (χ3v) is 4.33. The minimum Gasteiger partial charge on any atom is -0.378 e. The fourth-order valence-electron chi connectivity index (χ4n) is 3.18. The summed E-state index contributed by atoms with van der Waals surface area (Å²) in [6, 6.07) is 5.02. The molecule has 2 saturated heterocycles. The zero-order chi connectivity index (χ0) is 13.2. The van der Waals surface area contributed by atoms with Crippen molar-refractivity contribution in [1.29, 1.82) is 0 Å². The van der Waals surface area contributed by atoms with E-state index < -0.39 is 0 Å². The number of likely N-dealkylation sites (tertiary alicyclic amines) is 1. The summed E-state index contributed by atoms with van der Waals surface area (Å²) >= 11 is 0. The maximum atomic E-state index is 5.39. The van der Waals surface area contributed by atoms with Crippen LogP contribution in [0.3, 0.4) is 0 Å². The Morgan fingerprint density at radius 1 is 1.21 bits per heavy atom. The Hall–Kier alpha value is -1.13. The summed E-state index contributed by atoms with van der Waals surface area (Å²) in [7, 11) is 2.22. The highest BCUT2D eigenvalue weighted by Crippen LogP contribution is 2.32. The molecule has 3 heterocycles. The average Bonchev–Trinajstić information content (AvgIpc) is 2.86. The lowest BCUT2D eigenvalue weighted by Gasteiger charge is -2.29. The summed E-state index contributed by atoms with van der Waals surface area (Å²) in [5, 5.41) is 0. The van der Waals surface area contributed by atoms with Crippen molar-refractivity contribution in [2.24, 2.45) is 0 Å². The largest absolute Gasteiger partial charge is 0.378 e. The van der Waals surface area contributed by atoms with Crippen molar-refractivity contribution in [2.45, 2.75) is 25.8 Å². The van der Waals surface area contributed by atoms with Crippen molar-refractivity contribution in [2.75, 3.05) is 44.8 Å². The molecule has 19 heavy (non-hydrogen) atoms. The predicted octanol–water partition coefficient (Wildman–Crippen LogP) is 1.99. The molecule has 3 rings (SSSR count). The van der Waals surface area contributed by atoms with Crippen LogP contribution in [-0.4, -0.2) is 49.8 Å². The van der Waals surface area contributed by atoms with E-state index in [0.717, 1.165) is 32.1 Å². The van der Waals surface area contributed by atoms with Gasteiger partial charge in [0.15, 0.2) is 0 Å². The van der Waals surface area contributed by atoms with Crippen LogP contribution >= 0.6 is 0 Å². The predicted molar refractivity (Wildman–Crippen MR) is 76.6 cm³/mol. The number of nitrogens with zero attached hydrogens (tertiary/aromatic N) is 3. The molecule has 2 aliphatic rings. The van der Waals surface area contributed by atoms with Crippen molar-refractivity contribution in [3.63, 3.8) is 0 Å². The summed E-state index contributed by atoms with van der Waals surface area (Å²) in [4.78, 5) is 9.58. The normalized spacial score (nSPS) is 24.9. The third kappa shape index (κ3) is 2.60. The number of anilines is 1. The van der Waals surface area contributed by atoms with Gasteiger partial charge in [0.05, 0.1) is 13.2 Å². The van der Waals surface area contributed by atoms with Crippen LogP contribution in [0.15, 0.2) is 12.1 Å². The Bertz CT molecular complexity index is 443. The van der Waals surface area contributed by atoms with Crippen LogP contribution in [0.4, 0.5) is 5.82 Å². The second kappa shape index (κ2) is 5.47. The molecule has 0 N–H and O–H groups in total. The molecule has 2 aliphatic heterocycles. The highest BCUT2D eigenvalue weighted by atomic mass is 16.5. The van der Waals surface area contributed by atoms with Crippen LogP contribution in [0.2, 0.25) is 0 Å². The van der Waals surface area contributed by atoms with E-state index in [-0.39, 0.29) is 0 Å². The minimum absolute atomic E-state index is 0.561. The second-order valence-corrected chi connectivity index (χ2v) is 5.58. The molecule has 1 atom stereocenters. The SMILES string of the molecule is Cc1nc(N2CCOCC2)ccc1[C@@H]1CCCN1C. The van der Waals surface area contributed by atoms with E-state index in [2.05, 4.69) is 35.9 Å². The molecule has 104 valence electrons. The Kier molecular flexibility index (Phi) is 3.71. The van der Waals surface area contributed by atoms with Gasteiger partial charge in [0.1, 0.15) is 5.82 Å². The fraction of sp³-hybridized carbons (Fsp3) is 0.667. The van der Waals surface area contributed by atoms with Gasteiger partial charge in [-0.25, -0.2) is 4.98 Å². The Morgan fingerprint density at radius 2 is 2.00 bits per heavy atom. The lowest BCUT2D eigenvalue weighted by molar-refractivity contribution is 0.122. The molecule has 0 spiro atoms. The van der Waals surface area contributed by atoms with E-state index in [9.17, 15) is 0 Å². The number of aromatic nitrogens is 1. The van der Waals surface area contributed by atoms with E-state index in [0.29, 0.717) is 6.04 Å². The molecule has 1 aromatic heterocycles. The van der Waals surface area contributed by atoms with Gasteiger partial charge in [-0.05, 0) is 45.0 Å². The van der Waals surface area contributed by atoms with Gasteiger partial charge in [0.2, 0.25) is 0 Å². The quantitative estimate of drug-likeness (QED) is 0.814. The van der Waals surface area contributed by atoms with Gasteiger partial charge in [-0.2, -0.15) is 0 Å². The van der Waals surface area contributed by atoms with Crippen molar-refractivity contribution in [3.8, 4) is 0 Å². The van der Waals surface area contributed by atoms with Crippen molar-refractivity contribution < 1.29 is 4.74 Å². The smallest absolute Gasteiger partial charge is 0.128 e. The molecule has 0 amide bonds. The summed E-state index contributed by atoms with van der Waals surface area (Å²) in [6.07, 6.45) is 2.56. The first kappa shape index (κ1) is 12.9. The molecule has 0 unspecified atom stereocenters. The van der Waals surface area contributed by atoms with Crippen LogP contribution in [0, 0.1) is 6.92 Å². The Labute approximate surface area is 115 Å². The van der Waals surface area contributed by atoms with Gasteiger partial charge in [0.25, 0.3) is 0 Å². The van der Waals surface area contributed by atoms with Gasteiger partial charge in [-0.1, -0.05) is 6.07 Å². The van der Waals surface area contributed by atoms with Crippen LogP contribution in [0.1, 0.15) is 30.1 Å². The lowest BCUT2D eigenvalue weighted by Crippen LogP contribution is -2.36. The van der Waals surface area contributed by atoms with E-state index in [1.807, 2.05) is 0 Å². The fourth-order valence-corrected chi connectivity index (χ4v) is 3.18. The van der Waals surface area contributed by atoms with Crippen LogP contribution in [0.25, 0.3) is 0 Å². The zero-order valence-electron chi connectivity index (χ0n) is 11.9. The van der Waals surface area contributed by atoms with E-state index in [1.165, 1.54) is 30.6 Å². The summed E-state index contributed by atoms with van der Waals surface area (Å²) in [5.74, 6) is 1.10. The first-order valence-corrected chi connectivity index (χ1v) is 7.26. The number of hydrogen-bond donors (Lipinski definition) is 0. The maximum Gasteiger partial charge on any atom is 0.128 e. The van der Waals surface area contributed by atoms with Crippen molar-refractivity contribution in [1.82, 2.24) is 9.88 Å². The molecule has 4 nitrogen and oxygen atoms in total. The highest BCUT2D eigenvalue weighted by molar-refractivity contribution is 5.43. The highest BCUT2D eigenvalue weighted by Gasteiger charge is 2.24. The number of rotatable bonds is 2. The molecular formula is C15H23N3O. The molecular weight excluding hydrogens is 238 g/mol. The lowest BCUT2D eigenvalue weighted by atomic mass is 10.0. The van der Waals surface area contributed by atoms with Crippen molar-refractivity contribution in [3.05, 3.63) is 23.4 Å². The topological polar surface area (TPSA) is 28.6 Å². The third-order valence-electron chi connectivity index (χ3n) is 4.33. The number of ether oxygens (including phenoxy) is 1. The van der Waals surface area contributed by atoms with Crippen LogP contribution < -0.4 is 4.90 Å². The first-order chi connectivity index (χ1) is 9.25. The maximum absolute atomic E-state index is 5.39. The Morgan fingerprint density at radius 3 is 2.63 bits per heavy atom. The van der Waals surface area contributed by atoms with Gasteiger partial charge in [-0.15, -0.1) is 0 Å². The van der Waals surface area contributed by atoms with Crippen molar-refractivity contribution >= 4 is 5.82 Å². The van der Waals surface area contributed by atoms with Crippen LogP contribution in [0.5, 0.6) is 0 Å². The molecule has 4 heteroatoms. The zero-order valence-corrected chi connectivity index (χ0v) is 11.9. The van der Waals surface area contributed by atoms with E-state index in [1.54, 1.807) is 0 Å². The van der Waals surface area contributed by atoms with Gasteiger partial charge >= 0.3 is 0 Å². The number of pyridine rings is 1.